The summed E-state index contributed by atoms with van der Waals surface area (Å²) in [5.74, 6) is -1.68. The van der Waals surface area contributed by atoms with E-state index in [1.165, 1.54) is 12.1 Å². The molecule has 3 rings (SSSR count). The second-order valence-corrected chi connectivity index (χ2v) is 7.81. The molecule has 3 aromatic rings. The minimum absolute atomic E-state index is 0.0675. The Morgan fingerprint density at radius 3 is 1.83 bits per heavy atom. The van der Waals surface area contributed by atoms with E-state index in [1.54, 1.807) is 50.6 Å². The zero-order valence-corrected chi connectivity index (χ0v) is 20.3. The third-order valence-corrected chi connectivity index (χ3v) is 5.38. The van der Waals surface area contributed by atoms with Crippen LogP contribution in [0.3, 0.4) is 0 Å². The highest BCUT2D eigenvalue weighted by molar-refractivity contribution is 6.47. The van der Waals surface area contributed by atoms with Crippen LogP contribution in [0.4, 0.5) is 0 Å². The summed E-state index contributed by atoms with van der Waals surface area (Å²) in [6, 6.07) is 17.2. The first kappa shape index (κ1) is 26.4. The number of carboxylic acids is 1. The lowest BCUT2D eigenvalue weighted by Gasteiger charge is -2.16. The van der Waals surface area contributed by atoms with Crippen LogP contribution in [0.15, 0.2) is 60.7 Å². The van der Waals surface area contributed by atoms with E-state index < -0.39 is 24.2 Å². The van der Waals surface area contributed by atoms with Crippen molar-refractivity contribution in [2.75, 3.05) is 20.8 Å². The average molecular weight is 514 g/mol. The Hall–Kier alpha value is -4.24. The number of Topliss-reactive ketones (excluding diaryl/α,β-unsaturated/α-hetero) is 1. The summed E-state index contributed by atoms with van der Waals surface area (Å²) in [7, 11) is 3.14. The summed E-state index contributed by atoms with van der Waals surface area (Å²) in [5, 5.41) is 10.6. The smallest absolute Gasteiger partial charge is 0.322 e. The lowest BCUT2D eigenvalue weighted by molar-refractivity contribution is -0.137. The number of aliphatic carboxylic acids is 1. The molecule has 36 heavy (non-hydrogen) atoms. The van der Waals surface area contributed by atoms with Crippen LogP contribution < -0.4 is 24.3 Å². The van der Waals surface area contributed by atoms with E-state index in [0.717, 1.165) is 11.1 Å². The molecular formula is C26H24ClNO8. The van der Waals surface area contributed by atoms with E-state index in [2.05, 4.69) is 0 Å². The molecule has 3 aromatic carbocycles. The molecule has 0 aliphatic carbocycles. The van der Waals surface area contributed by atoms with Gasteiger partial charge in [-0.1, -0.05) is 35.9 Å². The van der Waals surface area contributed by atoms with Gasteiger partial charge in [-0.15, -0.1) is 0 Å². The summed E-state index contributed by atoms with van der Waals surface area (Å²) in [6.45, 7) is -0.441. The maximum Gasteiger partial charge on any atom is 0.322 e. The van der Waals surface area contributed by atoms with Crippen molar-refractivity contribution in [2.45, 2.75) is 13.2 Å². The van der Waals surface area contributed by atoms with Crippen LogP contribution in [0.25, 0.3) is 0 Å². The number of hydrogen-bond acceptors (Lipinski definition) is 7. The largest absolute Gasteiger partial charge is 0.497 e. The van der Waals surface area contributed by atoms with E-state index in [0.29, 0.717) is 11.5 Å². The van der Waals surface area contributed by atoms with Crippen LogP contribution in [-0.4, -0.2) is 43.5 Å². The van der Waals surface area contributed by atoms with Crippen molar-refractivity contribution >= 4 is 29.3 Å². The third-order valence-electron chi connectivity index (χ3n) is 5.01. The Morgan fingerprint density at radius 2 is 1.33 bits per heavy atom. The van der Waals surface area contributed by atoms with Gasteiger partial charge in [-0.3, -0.25) is 14.4 Å². The predicted octanol–water partition coefficient (Wildman–Crippen LogP) is 3.90. The number of halogens is 1. The minimum Gasteiger partial charge on any atom is -0.497 e. The van der Waals surface area contributed by atoms with Crippen LogP contribution in [0.5, 0.6) is 23.0 Å². The second kappa shape index (κ2) is 12.5. The van der Waals surface area contributed by atoms with Gasteiger partial charge in [-0.05, 0) is 47.5 Å². The third kappa shape index (κ3) is 6.89. The van der Waals surface area contributed by atoms with Gasteiger partial charge < -0.3 is 29.4 Å². The first-order chi connectivity index (χ1) is 17.3. The van der Waals surface area contributed by atoms with Crippen LogP contribution in [0, 0.1) is 0 Å². The summed E-state index contributed by atoms with van der Waals surface area (Å²) in [5.41, 5.74) is 1.49. The van der Waals surface area contributed by atoms with Crippen molar-refractivity contribution in [1.82, 2.24) is 5.32 Å². The molecule has 0 aromatic heterocycles. The van der Waals surface area contributed by atoms with Gasteiger partial charge in [0.1, 0.15) is 31.3 Å². The number of amides is 1. The van der Waals surface area contributed by atoms with Gasteiger partial charge in [0.25, 0.3) is 11.7 Å². The van der Waals surface area contributed by atoms with Gasteiger partial charge in [0.05, 0.1) is 24.8 Å². The number of carbonyl (C=O) groups is 3. The molecule has 0 unspecified atom stereocenters. The first-order valence-electron chi connectivity index (χ1n) is 10.7. The highest BCUT2D eigenvalue weighted by Crippen LogP contribution is 2.39. The van der Waals surface area contributed by atoms with Gasteiger partial charge in [0.15, 0.2) is 11.5 Å². The molecule has 188 valence electrons. The molecule has 0 atom stereocenters. The van der Waals surface area contributed by atoms with Crippen molar-refractivity contribution in [1.29, 1.82) is 0 Å². The molecule has 2 N–H and O–H groups in total. The standard InChI is InChI=1S/C26H24ClNO8/c1-33-18-7-3-16(4-8-18)14-35-21-12-11-20(24(31)26(32)28-13-22(29)30)23(27)25(21)36-15-17-5-9-19(34-2)10-6-17/h3-12H,13-15H2,1-2H3,(H,28,32)(H,29,30). The molecule has 9 nitrogen and oxygen atoms in total. The molecule has 0 bridgehead atoms. The SMILES string of the molecule is COc1ccc(COc2ccc(C(=O)C(=O)NCC(=O)O)c(Cl)c2OCc2ccc(OC)cc2)cc1. The van der Waals surface area contributed by atoms with Crippen LogP contribution in [0.1, 0.15) is 21.5 Å². The van der Waals surface area contributed by atoms with Gasteiger partial charge in [-0.25, -0.2) is 0 Å². The van der Waals surface area contributed by atoms with Crippen LogP contribution >= 0.6 is 11.6 Å². The summed E-state index contributed by atoms with van der Waals surface area (Å²) >= 11 is 6.49. The van der Waals surface area contributed by atoms with Crippen LogP contribution in [-0.2, 0) is 22.8 Å². The average Bonchev–Trinajstić information content (AvgIpc) is 2.90. The minimum atomic E-state index is -1.28. The summed E-state index contributed by atoms with van der Waals surface area (Å²) in [4.78, 5) is 35.4. The number of carboxylic acid groups (broad SMARTS) is 1. The molecule has 0 spiro atoms. The number of ether oxygens (including phenoxy) is 4. The van der Waals surface area contributed by atoms with Gasteiger partial charge in [-0.2, -0.15) is 0 Å². The van der Waals surface area contributed by atoms with Gasteiger partial charge in [0, 0.05) is 0 Å². The molecular weight excluding hydrogens is 490 g/mol. The molecule has 1 amide bonds. The van der Waals surface area contributed by atoms with E-state index in [-0.39, 0.29) is 35.3 Å². The molecule has 10 heteroatoms. The number of carbonyl (C=O) groups excluding carboxylic acids is 2. The van der Waals surface area contributed by atoms with Crippen LogP contribution in [0.2, 0.25) is 5.02 Å². The fourth-order valence-corrected chi connectivity index (χ4v) is 3.38. The predicted molar refractivity (Wildman–Crippen MR) is 131 cm³/mol. The Labute approximate surface area is 212 Å². The highest BCUT2D eigenvalue weighted by Gasteiger charge is 2.24. The fraction of sp³-hybridized carbons (Fsp3) is 0.192. The van der Waals surface area contributed by atoms with Crippen molar-refractivity contribution in [2.24, 2.45) is 0 Å². The number of hydrogen-bond donors (Lipinski definition) is 2. The molecule has 0 saturated heterocycles. The van der Waals surface area contributed by atoms with Crippen molar-refractivity contribution in [3.8, 4) is 23.0 Å². The number of rotatable bonds is 12. The summed E-state index contributed by atoms with van der Waals surface area (Å²) < 4.78 is 22.2. The van der Waals surface area contributed by atoms with Crippen molar-refractivity contribution in [3.63, 3.8) is 0 Å². The molecule has 0 heterocycles. The number of methoxy groups -OCH3 is 2. The fourth-order valence-electron chi connectivity index (χ4n) is 3.08. The topological polar surface area (TPSA) is 120 Å². The van der Waals surface area contributed by atoms with Crippen molar-refractivity contribution in [3.05, 3.63) is 82.4 Å². The molecule has 0 saturated carbocycles. The molecule has 0 radical (unpaired) electrons. The lowest BCUT2D eigenvalue weighted by atomic mass is 10.1. The Morgan fingerprint density at radius 1 is 0.806 bits per heavy atom. The molecule has 0 aliphatic rings. The molecule has 0 fully saturated rings. The van der Waals surface area contributed by atoms with E-state index in [9.17, 15) is 14.4 Å². The van der Waals surface area contributed by atoms with Gasteiger partial charge in [0.2, 0.25) is 0 Å². The maximum absolute atomic E-state index is 12.6. The van der Waals surface area contributed by atoms with Crippen molar-refractivity contribution < 1.29 is 38.4 Å². The Kier molecular flexibility index (Phi) is 9.13. The van der Waals surface area contributed by atoms with Gasteiger partial charge >= 0.3 is 5.97 Å². The zero-order valence-electron chi connectivity index (χ0n) is 19.6. The van der Waals surface area contributed by atoms with E-state index in [1.807, 2.05) is 17.4 Å². The second-order valence-electron chi connectivity index (χ2n) is 7.43. The lowest BCUT2D eigenvalue weighted by Crippen LogP contribution is -2.35. The van der Waals surface area contributed by atoms with E-state index >= 15 is 0 Å². The Balaban J connectivity index is 1.85. The van der Waals surface area contributed by atoms with E-state index in [4.69, 9.17) is 35.7 Å². The molecule has 0 aliphatic heterocycles. The number of ketones is 1. The quantitative estimate of drug-likeness (QED) is 0.276. The normalized spacial score (nSPS) is 10.3. The maximum atomic E-state index is 12.6. The Bertz CT molecular complexity index is 1230. The summed E-state index contributed by atoms with van der Waals surface area (Å²) in [6.07, 6.45) is 0. The first-order valence-corrected chi connectivity index (χ1v) is 11.1. The highest BCUT2D eigenvalue weighted by atomic mass is 35.5. The zero-order chi connectivity index (χ0) is 26.1. The number of benzene rings is 3. The monoisotopic (exact) mass is 513 g/mol. The number of nitrogens with one attached hydrogen (secondary N) is 1.